The maximum atomic E-state index is 10.1. The standard InChI is InChI=1S/CH2O9S2.H2O2S/c2-1-8-12(6,7)10-9-11(3,4)5;1-3-2/h1H,(H,3,4,5);1-2H. The van der Waals surface area contributed by atoms with E-state index in [0.717, 1.165) is 0 Å². The van der Waals surface area contributed by atoms with Crippen LogP contribution in [0.1, 0.15) is 0 Å². The van der Waals surface area contributed by atoms with Crippen molar-refractivity contribution in [1.82, 2.24) is 0 Å². The van der Waals surface area contributed by atoms with E-state index in [1.165, 1.54) is 0 Å². The van der Waals surface area contributed by atoms with Gasteiger partial charge in [0.1, 0.15) is 0 Å². The van der Waals surface area contributed by atoms with E-state index in [1.807, 2.05) is 0 Å². The largest absolute Gasteiger partial charge is 0.479 e. The van der Waals surface area contributed by atoms with Gasteiger partial charge in [0, 0.05) is 0 Å². The van der Waals surface area contributed by atoms with Gasteiger partial charge in [0.05, 0.1) is 0 Å². The van der Waals surface area contributed by atoms with Crippen molar-refractivity contribution in [2.24, 2.45) is 0 Å². The highest BCUT2D eigenvalue weighted by Crippen LogP contribution is 1.97. The van der Waals surface area contributed by atoms with Crippen LogP contribution in [-0.2, 0) is 38.4 Å². The molecule has 0 amide bonds. The second-order valence-corrected chi connectivity index (χ2v) is 3.55. The fraction of sp³-hybridized carbons (Fsp3) is 0. The molecule has 0 bridgehead atoms. The summed E-state index contributed by atoms with van der Waals surface area (Å²) in [5, 5.41) is 0. The Bertz CT molecular complexity index is 347. The van der Waals surface area contributed by atoms with Gasteiger partial charge in [-0.3, -0.25) is 9.35 Å². The Morgan fingerprint density at radius 3 is 1.73 bits per heavy atom. The molecule has 0 aliphatic heterocycles. The molecule has 0 heterocycles. The van der Waals surface area contributed by atoms with Gasteiger partial charge in [-0.1, -0.05) is 8.67 Å². The Kier molecular flexibility index (Phi) is 8.77. The van der Waals surface area contributed by atoms with Crippen molar-refractivity contribution in [2.45, 2.75) is 0 Å². The molecule has 0 aliphatic rings. The number of hydrogen-bond donors (Lipinski definition) is 3. The quantitative estimate of drug-likeness (QED) is 0.182. The molecule has 3 N–H and O–H groups in total. The number of carbonyl (C=O) groups excluding carboxylic acids is 1. The maximum Gasteiger partial charge on any atom is 0.479 e. The Morgan fingerprint density at radius 2 is 1.47 bits per heavy atom. The highest BCUT2D eigenvalue weighted by atomic mass is 32.3. The van der Waals surface area contributed by atoms with E-state index >= 15 is 0 Å². The molecule has 0 aromatic heterocycles. The molecule has 0 radical (unpaired) electrons. The van der Waals surface area contributed by atoms with Crippen molar-refractivity contribution in [3.63, 3.8) is 0 Å². The average molecular weight is 288 g/mol. The zero-order valence-electron chi connectivity index (χ0n) is 6.41. The lowest BCUT2D eigenvalue weighted by Crippen LogP contribution is -2.13. The zero-order chi connectivity index (χ0) is 12.5. The van der Waals surface area contributed by atoms with Crippen molar-refractivity contribution in [1.29, 1.82) is 0 Å². The van der Waals surface area contributed by atoms with Crippen molar-refractivity contribution >= 4 is 39.6 Å². The van der Waals surface area contributed by atoms with E-state index in [1.54, 1.807) is 0 Å². The van der Waals surface area contributed by atoms with Gasteiger partial charge in [-0.2, -0.15) is 16.8 Å². The summed E-state index contributed by atoms with van der Waals surface area (Å²) in [5.41, 5.74) is 0. The van der Waals surface area contributed by atoms with E-state index in [0.29, 0.717) is 0 Å². The first-order chi connectivity index (χ1) is 6.68. The SMILES string of the molecule is O=COS(=O)(=O)OOS(=O)(=O)O.OSO. The normalized spacial score (nSPS) is 11.1. The predicted molar refractivity (Wildman–Crippen MR) is 42.6 cm³/mol. The van der Waals surface area contributed by atoms with Gasteiger partial charge in [-0.15, -0.1) is 0 Å². The molecular weight excluding hydrogens is 284 g/mol. The van der Waals surface area contributed by atoms with Crippen LogP contribution in [0.2, 0.25) is 0 Å². The molecule has 0 saturated heterocycles. The molecule has 15 heavy (non-hydrogen) atoms. The average Bonchev–Trinajstić information content (AvgIpc) is 2.01. The van der Waals surface area contributed by atoms with Crippen LogP contribution in [0, 0.1) is 0 Å². The summed E-state index contributed by atoms with van der Waals surface area (Å²) in [6.07, 6.45) is 0. The molecule has 92 valence electrons. The van der Waals surface area contributed by atoms with Crippen molar-refractivity contribution in [2.75, 3.05) is 0 Å². The van der Waals surface area contributed by atoms with Gasteiger partial charge in [0.15, 0.2) is 12.3 Å². The summed E-state index contributed by atoms with van der Waals surface area (Å²) < 4.78 is 70.5. The van der Waals surface area contributed by atoms with E-state index in [9.17, 15) is 21.6 Å². The Hall–Kier alpha value is -0.480. The molecule has 0 aromatic carbocycles. The zero-order valence-corrected chi connectivity index (χ0v) is 8.86. The van der Waals surface area contributed by atoms with Crippen LogP contribution in [0.25, 0.3) is 0 Å². The minimum Gasteiger partial charge on any atom is -0.326 e. The first kappa shape index (κ1) is 16.9. The molecule has 11 nitrogen and oxygen atoms in total. The van der Waals surface area contributed by atoms with E-state index in [-0.39, 0.29) is 12.3 Å². The minimum absolute atomic E-state index is 0.250. The second kappa shape index (κ2) is 7.77. The Labute approximate surface area is 88.2 Å². The van der Waals surface area contributed by atoms with Gasteiger partial charge in [-0.05, 0) is 0 Å². The third-order valence-electron chi connectivity index (χ3n) is 0.354. The van der Waals surface area contributed by atoms with E-state index in [4.69, 9.17) is 13.7 Å². The lowest BCUT2D eigenvalue weighted by molar-refractivity contribution is -0.130. The fourth-order valence-corrected chi connectivity index (χ4v) is 0.815. The van der Waals surface area contributed by atoms with Crippen molar-refractivity contribution < 1.29 is 48.1 Å². The highest BCUT2D eigenvalue weighted by molar-refractivity contribution is 7.87. The minimum atomic E-state index is -5.07. The van der Waals surface area contributed by atoms with Gasteiger partial charge in [-0.25, -0.2) is 0 Å². The van der Waals surface area contributed by atoms with Gasteiger partial charge >= 0.3 is 27.3 Å². The van der Waals surface area contributed by atoms with Gasteiger partial charge in [0.25, 0.3) is 0 Å². The molecule has 0 saturated carbocycles. The van der Waals surface area contributed by atoms with E-state index in [2.05, 4.69) is 12.9 Å². The molecule has 0 spiro atoms. The molecule has 0 atom stereocenters. The topological polar surface area (TPSA) is 174 Å². The number of hydrogen-bond acceptors (Lipinski definition) is 11. The number of rotatable bonds is 5. The summed E-state index contributed by atoms with van der Waals surface area (Å²) in [4.78, 5) is 9.40. The van der Waals surface area contributed by atoms with Crippen LogP contribution in [0.3, 0.4) is 0 Å². The lowest BCUT2D eigenvalue weighted by Gasteiger charge is -1.96. The summed E-state index contributed by atoms with van der Waals surface area (Å²) in [6, 6.07) is 0. The van der Waals surface area contributed by atoms with Crippen LogP contribution >= 0.6 is 12.3 Å². The Morgan fingerprint density at radius 1 is 1.07 bits per heavy atom. The van der Waals surface area contributed by atoms with Crippen LogP contribution in [0.5, 0.6) is 0 Å². The van der Waals surface area contributed by atoms with Crippen molar-refractivity contribution in [3.8, 4) is 0 Å². The van der Waals surface area contributed by atoms with Crippen LogP contribution < -0.4 is 0 Å². The van der Waals surface area contributed by atoms with Gasteiger partial charge < -0.3 is 13.3 Å². The number of carbonyl (C=O) groups is 1. The second-order valence-electron chi connectivity index (χ2n) is 1.25. The molecule has 0 rings (SSSR count). The van der Waals surface area contributed by atoms with Gasteiger partial charge in [0.2, 0.25) is 0 Å². The summed E-state index contributed by atoms with van der Waals surface area (Å²) in [5.74, 6) is 0. The summed E-state index contributed by atoms with van der Waals surface area (Å²) in [7, 11) is -9.97. The van der Waals surface area contributed by atoms with Crippen molar-refractivity contribution in [3.05, 3.63) is 0 Å². The monoisotopic (exact) mass is 288 g/mol. The summed E-state index contributed by atoms with van der Waals surface area (Å²) >= 11 is -0.250. The fourth-order valence-electron chi connectivity index (χ4n) is 0.133. The lowest BCUT2D eigenvalue weighted by atomic mass is 11.7. The summed E-state index contributed by atoms with van der Waals surface area (Å²) in [6.45, 7) is -0.539. The molecule has 0 unspecified atom stereocenters. The molecule has 0 aliphatic carbocycles. The molecule has 0 fully saturated rings. The molecular formula is CH4O11S3. The maximum absolute atomic E-state index is 10.1. The predicted octanol–water partition coefficient (Wildman–Crippen LogP) is -1.18. The Balaban J connectivity index is 0. The molecule has 0 aromatic rings. The van der Waals surface area contributed by atoms with Crippen LogP contribution in [-0.4, -0.2) is 37.0 Å². The molecule has 14 heteroatoms. The van der Waals surface area contributed by atoms with Crippen LogP contribution in [0.4, 0.5) is 0 Å². The van der Waals surface area contributed by atoms with Crippen LogP contribution in [0.15, 0.2) is 0 Å². The third kappa shape index (κ3) is 16.2. The highest BCUT2D eigenvalue weighted by Gasteiger charge is 2.18. The van der Waals surface area contributed by atoms with E-state index < -0.39 is 27.3 Å². The first-order valence-corrected chi connectivity index (χ1v) is 5.78. The smallest absolute Gasteiger partial charge is 0.326 e. The third-order valence-corrected chi connectivity index (χ3v) is 1.23. The first-order valence-electron chi connectivity index (χ1n) is 2.35.